The minimum Gasteiger partial charge on any atom is -0.354 e. The summed E-state index contributed by atoms with van der Waals surface area (Å²) in [6.07, 6.45) is 1.66. The van der Waals surface area contributed by atoms with Crippen LogP contribution in [0.15, 0.2) is 64.5 Å². The summed E-state index contributed by atoms with van der Waals surface area (Å²) in [5.74, 6) is -0.0467. The smallest absolute Gasteiger partial charge is 0.229 e. The number of hydrogen-bond donors (Lipinski definition) is 1. The van der Waals surface area contributed by atoms with Gasteiger partial charge in [0.2, 0.25) is 5.91 Å². The van der Waals surface area contributed by atoms with Gasteiger partial charge >= 0.3 is 0 Å². The van der Waals surface area contributed by atoms with Crippen LogP contribution in [0.2, 0.25) is 5.02 Å². The zero-order chi connectivity index (χ0) is 21.8. The largest absolute Gasteiger partial charge is 0.354 e. The first kappa shape index (κ1) is 21.6. The highest BCUT2D eigenvalue weighted by Gasteiger charge is 2.27. The number of aromatic nitrogens is 2. The van der Waals surface area contributed by atoms with Crippen molar-refractivity contribution in [3.63, 3.8) is 0 Å². The molecule has 0 radical (unpaired) electrons. The van der Waals surface area contributed by atoms with Crippen molar-refractivity contribution in [3.8, 4) is 0 Å². The van der Waals surface area contributed by atoms with Gasteiger partial charge in [-0.2, -0.15) is 0 Å². The van der Waals surface area contributed by atoms with Gasteiger partial charge in [-0.05, 0) is 62.2 Å². The van der Waals surface area contributed by atoms with Crippen LogP contribution in [0.25, 0.3) is 0 Å². The summed E-state index contributed by atoms with van der Waals surface area (Å²) in [5.41, 5.74) is 1.71. The van der Waals surface area contributed by atoms with Crippen LogP contribution in [-0.2, 0) is 4.79 Å². The van der Waals surface area contributed by atoms with Gasteiger partial charge in [0.1, 0.15) is 10.8 Å². The predicted octanol–water partition coefficient (Wildman–Crippen LogP) is 5.58. The van der Waals surface area contributed by atoms with E-state index in [1.165, 1.54) is 23.8 Å². The molecule has 4 rings (SSSR count). The maximum Gasteiger partial charge on any atom is 0.229 e. The topological polar surface area (TPSA) is 58.1 Å². The summed E-state index contributed by atoms with van der Waals surface area (Å²) in [6, 6.07) is 16.4. The molecule has 5 nitrogen and oxygen atoms in total. The molecule has 2 aromatic carbocycles. The van der Waals surface area contributed by atoms with Crippen LogP contribution in [0.1, 0.15) is 18.4 Å². The standard InChI is InChI=1S/C23H22ClFN4OS/c1-15-4-7-18(8-5-15)31-22-11-10-21(27-28-22)29-12-2-3-16(14-29)23(30)26-17-6-9-20(25)19(24)13-17/h4-11,13,16H,2-3,12,14H2,1H3,(H,26,30)/t16-/m0/s1. The van der Waals surface area contributed by atoms with E-state index in [2.05, 4.69) is 51.6 Å². The first-order valence-corrected chi connectivity index (χ1v) is 11.3. The average molecular weight is 457 g/mol. The van der Waals surface area contributed by atoms with E-state index in [1.807, 2.05) is 12.1 Å². The number of amides is 1. The number of piperidine rings is 1. The second-order valence-electron chi connectivity index (χ2n) is 7.55. The summed E-state index contributed by atoms with van der Waals surface area (Å²) in [4.78, 5) is 15.9. The van der Waals surface area contributed by atoms with Crippen molar-refractivity contribution in [2.75, 3.05) is 23.3 Å². The molecule has 1 aliphatic heterocycles. The first-order chi connectivity index (χ1) is 15.0. The maximum atomic E-state index is 13.3. The lowest BCUT2D eigenvalue weighted by molar-refractivity contribution is -0.120. The van der Waals surface area contributed by atoms with Gasteiger partial charge < -0.3 is 10.2 Å². The van der Waals surface area contributed by atoms with Crippen LogP contribution in [0, 0.1) is 18.7 Å². The predicted molar refractivity (Wildman–Crippen MR) is 122 cm³/mol. The highest BCUT2D eigenvalue weighted by atomic mass is 35.5. The molecule has 8 heteroatoms. The minimum atomic E-state index is -0.508. The van der Waals surface area contributed by atoms with Gasteiger partial charge in [-0.3, -0.25) is 4.79 Å². The molecular formula is C23H22ClFN4OS. The SMILES string of the molecule is Cc1ccc(Sc2ccc(N3CCC[C@H](C(=O)Nc4ccc(F)c(Cl)c4)C3)nn2)cc1. The van der Waals surface area contributed by atoms with Crippen molar-refractivity contribution < 1.29 is 9.18 Å². The van der Waals surface area contributed by atoms with E-state index in [0.717, 1.165) is 35.1 Å². The molecule has 1 amide bonds. The number of aryl methyl sites for hydroxylation is 1. The molecule has 1 N–H and O–H groups in total. The number of nitrogens with one attached hydrogen (secondary N) is 1. The Morgan fingerprint density at radius 2 is 1.97 bits per heavy atom. The van der Waals surface area contributed by atoms with Crippen molar-refractivity contribution in [2.24, 2.45) is 5.92 Å². The van der Waals surface area contributed by atoms with Gasteiger partial charge in [0.05, 0.1) is 10.9 Å². The van der Waals surface area contributed by atoms with Gasteiger partial charge in [0, 0.05) is 23.7 Å². The second-order valence-corrected chi connectivity index (χ2v) is 9.05. The Bertz CT molecular complexity index is 1060. The summed E-state index contributed by atoms with van der Waals surface area (Å²) in [7, 11) is 0. The molecule has 3 aromatic rings. The third-order valence-corrected chi connectivity index (χ3v) is 6.40. The van der Waals surface area contributed by atoms with Gasteiger partial charge in [-0.25, -0.2) is 4.39 Å². The lowest BCUT2D eigenvalue weighted by Crippen LogP contribution is -2.41. The Balaban J connectivity index is 1.37. The molecule has 0 spiro atoms. The monoisotopic (exact) mass is 456 g/mol. The average Bonchev–Trinajstić information content (AvgIpc) is 2.78. The fourth-order valence-corrected chi connectivity index (χ4v) is 4.39. The molecule has 2 heterocycles. The molecule has 1 aromatic heterocycles. The van der Waals surface area contributed by atoms with E-state index in [0.29, 0.717) is 12.2 Å². The van der Waals surface area contributed by atoms with Crippen molar-refractivity contribution >= 4 is 40.8 Å². The number of carbonyl (C=O) groups excluding carboxylic acids is 1. The van der Waals surface area contributed by atoms with Crippen LogP contribution in [0.5, 0.6) is 0 Å². The minimum absolute atomic E-state index is 0.0121. The summed E-state index contributed by atoms with van der Waals surface area (Å²) in [6.45, 7) is 3.44. The number of nitrogens with zero attached hydrogens (tertiary/aromatic N) is 3. The van der Waals surface area contributed by atoms with Gasteiger partial charge in [-0.15, -0.1) is 10.2 Å². The zero-order valence-electron chi connectivity index (χ0n) is 17.0. The third-order valence-electron chi connectivity index (χ3n) is 5.17. The zero-order valence-corrected chi connectivity index (χ0v) is 18.6. The summed E-state index contributed by atoms with van der Waals surface area (Å²) >= 11 is 7.37. The molecular weight excluding hydrogens is 435 g/mol. The number of anilines is 2. The number of benzene rings is 2. The highest BCUT2D eigenvalue weighted by Crippen LogP contribution is 2.28. The van der Waals surface area contributed by atoms with Crippen molar-refractivity contribution in [3.05, 3.63) is 71.0 Å². The Morgan fingerprint density at radius 1 is 1.16 bits per heavy atom. The molecule has 0 aliphatic carbocycles. The highest BCUT2D eigenvalue weighted by molar-refractivity contribution is 7.99. The Morgan fingerprint density at radius 3 is 2.68 bits per heavy atom. The van der Waals surface area contributed by atoms with Crippen LogP contribution in [-0.4, -0.2) is 29.2 Å². The number of halogens is 2. The third kappa shape index (κ3) is 5.54. The fraction of sp³-hybridized carbons (Fsp3) is 0.261. The summed E-state index contributed by atoms with van der Waals surface area (Å²) in [5, 5.41) is 12.4. The van der Waals surface area contributed by atoms with E-state index in [1.54, 1.807) is 11.8 Å². The molecule has 31 heavy (non-hydrogen) atoms. The van der Waals surface area contributed by atoms with Crippen LogP contribution < -0.4 is 10.2 Å². The lowest BCUT2D eigenvalue weighted by Gasteiger charge is -2.32. The van der Waals surface area contributed by atoms with E-state index >= 15 is 0 Å². The van der Waals surface area contributed by atoms with Gasteiger partial charge in [0.25, 0.3) is 0 Å². The molecule has 0 saturated carbocycles. The Labute approximate surface area is 190 Å². The van der Waals surface area contributed by atoms with Crippen LogP contribution in [0.3, 0.4) is 0 Å². The molecule has 1 fully saturated rings. The normalized spacial score (nSPS) is 16.2. The van der Waals surface area contributed by atoms with Crippen molar-refractivity contribution in [1.29, 1.82) is 0 Å². The van der Waals surface area contributed by atoms with E-state index in [-0.39, 0.29) is 16.8 Å². The van der Waals surface area contributed by atoms with E-state index < -0.39 is 5.82 Å². The van der Waals surface area contributed by atoms with Crippen molar-refractivity contribution in [1.82, 2.24) is 10.2 Å². The molecule has 160 valence electrons. The molecule has 1 saturated heterocycles. The number of hydrogen-bond acceptors (Lipinski definition) is 5. The van der Waals surface area contributed by atoms with Crippen LogP contribution >= 0.6 is 23.4 Å². The molecule has 1 atom stereocenters. The molecule has 0 bridgehead atoms. The number of rotatable bonds is 5. The Hall–Kier alpha value is -2.64. The molecule has 1 aliphatic rings. The van der Waals surface area contributed by atoms with E-state index in [9.17, 15) is 9.18 Å². The second kappa shape index (κ2) is 9.66. The van der Waals surface area contributed by atoms with Gasteiger partial charge in [0.15, 0.2) is 5.82 Å². The first-order valence-electron chi connectivity index (χ1n) is 10.1. The Kier molecular flexibility index (Phi) is 6.73. The van der Waals surface area contributed by atoms with Gasteiger partial charge in [-0.1, -0.05) is 41.1 Å². The quantitative estimate of drug-likeness (QED) is 0.542. The lowest BCUT2D eigenvalue weighted by atomic mass is 9.97. The fourth-order valence-electron chi connectivity index (χ4n) is 3.48. The van der Waals surface area contributed by atoms with Crippen molar-refractivity contribution in [2.45, 2.75) is 29.7 Å². The summed E-state index contributed by atoms with van der Waals surface area (Å²) < 4.78 is 13.3. The molecule has 0 unspecified atom stereocenters. The van der Waals surface area contributed by atoms with E-state index in [4.69, 9.17) is 11.6 Å². The maximum absolute atomic E-state index is 13.3. The van der Waals surface area contributed by atoms with Crippen LogP contribution in [0.4, 0.5) is 15.9 Å². The number of carbonyl (C=O) groups is 1.